The summed E-state index contributed by atoms with van der Waals surface area (Å²) in [6.07, 6.45) is 1.51. The minimum Gasteiger partial charge on any atom is -0.395 e. The van der Waals surface area contributed by atoms with Crippen molar-refractivity contribution in [3.8, 4) is 6.07 Å². The molecule has 1 aromatic heterocycles. The molecule has 1 saturated heterocycles. The average Bonchev–Trinajstić information content (AvgIpc) is 2.30. The molecule has 0 saturated carbocycles. The van der Waals surface area contributed by atoms with E-state index < -0.39 is 9.84 Å². The van der Waals surface area contributed by atoms with Gasteiger partial charge in [-0.2, -0.15) is 5.26 Å². The fraction of sp³-hybridized carbons (Fsp3) is 0.400. The molecule has 0 atom stereocenters. The first-order valence-corrected chi connectivity index (χ1v) is 6.95. The zero-order chi connectivity index (χ0) is 12.5. The van der Waals surface area contributed by atoms with Crippen molar-refractivity contribution in [2.24, 2.45) is 0 Å². The summed E-state index contributed by atoms with van der Waals surface area (Å²) in [5.41, 5.74) is 6.49. The van der Waals surface area contributed by atoms with Gasteiger partial charge >= 0.3 is 0 Å². The zero-order valence-electron chi connectivity index (χ0n) is 9.13. The van der Waals surface area contributed by atoms with Gasteiger partial charge < -0.3 is 10.6 Å². The number of sulfone groups is 1. The van der Waals surface area contributed by atoms with E-state index in [1.54, 1.807) is 11.0 Å². The van der Waals surface area contributed by atoms with Crippen LogP contribution in [0, 0.1) is 11.3 Å². The molecule has 0 aromatic carbocycles. The molecule has 0 amide bonds. The van der Waals surface area contributed by atoms with E-state index in [-0.39, 0.29) is 11.5 Å². The molecule has 0 aliphatic carbocycles. The predicted octanol–water partition coefficient (Wildman–Crippen LogP) is -0.230. The first kappa shape index (κ1) is 11.7. The number of nitrogens with two attached hydrogens (primary N) is 1. The molecule has 1 aromatic rings. The van der Waals surface area contributed by atoms with Gasteiger partial charge in [0.05, 0.1) is 22.8 Å². The standard InChI is InChI=1S/C10H12N4O2S/c11-7-8-1-2-13-10(9(8)12)14-3-5-17(15,16)6-4-14/h1-2H,3-6,12H2. The Morgan fingerprint density at radius 3 is 2.65 bits per heavy atom. The van der Waals surface area contributed by atoms with Gasteiger partial charge in [0.15, 0.2) is 15.7 Å². The van der Waals surface area contributed by atoms with E-state index in [9.17, 15) is 8.42 Å². The van der Waals surface area contributed by atoms with E-state index in [0.29, 0.717) is 30.2 Å². The van der Waals surface area contributed by atoms with E-state index in [4.69, 9.17) is 11.0 Å². The molecule has 2 N–H and O–H groups in total. The Morgan fingerprint density at radius 2 is 2.06 bits per heavy atom. The molecule has 2 heterocycles. The molecule has 1 aliphatic heterocycles. The monoisotopic (exact) mass is 252 g/mol. The highest BCUT2D eigenvalue weighted by Crippen LogP contribution is 2.24. The maximum atomic E-state index is 11.3. The first-order valence-electron chi connectivity index (χ1n) is 5.13. The van der Waals surface area contributed by atoms with Crippen molar-refractivity contribution in [3.63, 3.8) is 0 Å². The molecule has 0 radical (unpaired) electrons. The minimum atomic E-state index is -2.93. The highest BCUT2D eigenvalue weighted by molar-refractivity contribution is 7.91. The second kappa shape index (κ2) is 4.22. The Balaban J connectivity index is 2.28. The van der Waals surface area contributed by atoms with Gasteiger partial charge in [0.25, 0.3) is 0 Å². The number of rotatable bonds is 1. The average molecular weight is 252 g/mol. The van der Waals surface area contributed by atoms with Crippen molar-refractivity contribution in [1.82, 2.24) is 4.98 Å². The number of nitrogen functional groups attached to an aromatic ring is 1. The maximum absolute atomic E-state index is 11.3. The van der Waals surface area contributed by atoms with Crippen LogP contribution in [-0.2, 0) is 9.84 Å². The van der Waals surface area contributed by atoms with Crippen LogP contribution < -0.4 is 10.6 Å². The van der Waals surface area contributed by atoms with E-state index in [1.807, 2.05) is 6.07 Å². The normalized spacial score (nSPS) is 18.6. The highest BCUT2D eigenvalue weighted by atomic mass is 32.2. The smallest absolute Gasteiger partial charge is 0.153 e. The van der Waals surface area contributed by atoms with Crippen molar-refractivity contribution in [2.45, 2.75) is 0 Å². The molecule has 90 valence electrons. The quantitative estimate of drug-likeness (QED) is 0.741. The molecule has 0 bridgehead atoms. The molecular weight excluding hydrogens is 240 g/mol. The lowest BCUT2D eigenvalue weighted by Crippen LogP contribution is -2.41. The van der Waals surface area contributed by atoms with Crippen LogP contribution in [0.3, 0.4) is 0 Å². The second-order valence-electron chi connectivity index (χ2n) is 3.85. The minimum absolute atomic E-state index is 0.102. The third-order valence-electron chi connectivity index (χ3n) is 2.73. The fourth-order valence-electron chi connectivity index (χ4n) is 1.74. The summed E-state index contributed by atoms with van der Waals surface area (Å²) in [6.45, 7) is 0.739. The summed E-state index contributed by atoms with van der Waals surface area (Å²) in [5, 5.41) is 8.85. The SMILES string of the molecule is N#Cc1ccnc(N2CCS(=O)(=O)CC2)c1N. The van der Waals surface area contributed by atoms with Crippen molar-refractivity contribution in [2.75, 3.05) is 35.2 Å². The summed E-state index contributed by atoms with van der Waals surface area (Å²) in [7, 11) is -2.93. The van der Waals surface area contributed by atoms with E-state index in [1.165, 1.54) is 6.20 Å². The van der Waals surface area contributed by atoms with Crippen LogP contribution >= 0.6 is 0 Å². The molecule has 0 spiro atoms. The maximum Gasteiger partial charge on any atom is 0.153 e. The number of nitriles is 1. The molecule has 17 heavy (non-hydrogen) atoms. The van der Waals surface area contributed by atoms with E-state index in [2.05, 4.69) is 4.98 Å². The zero-order valence-corrected chi connectivity index (χ0v) is 9.94. The van der Waals surface area contributed by atoms with Gasteiger partial charge in [-0.15, -0.1) is 0 Å². The summed E-state index contributed by atoms with van der Waals surface area (Å²) in [5.74, 6) is 0.703. The lowest BCUT2D eigenvalue weighted by molar-refractivity contribution is 0.586. The van der Waals surface area contributed by atoms with Crippen LogP contribution in [0.4, 0.5) is 11.5 Å². The van der Waals surface area contributed by atoms with Crippen LogP contribution in [0.2, 0.25) is 0 Å². The van der Waals surface area contributed by atoms with Crippen LogP contribution in [0.15, 0.2) is 12.3 Å². The lowest BCUT2D eigenvalue weighted by Gasteiger charge is -2.28. The van der Waals surface area contributed by atoms with Crippen LogP contribution in [0.25, 0.3) is 0 Å². The molecule has 1 aliphatic rings. The van der Waals surface area contributed by atoms with E-state index >= 15 is 0 Å². The topological polar surface area (TPSA) is 100 Å². The van der Waals surface area contributed by atoms with E-state index in [0.717, 1.165) is 0 Å². The number of pyridine rings is 1. The van der Waals surface area contributed by atoms with Crippen molar-refractivity contribution < 1.29 is 8.42 Å². The summed E-state index contributed by atoms with van der Waals surface area (Å²) in [4.78, 5) is 5.92. The first-order chi connectivity index (χ1) is 8.03. The Hall–Kier alpha value is -1.81. The van der Waals surface area contributed by atoms with Crippen LogP contribution in [-0.4, -0.2) is 38.0 Å². The van der Waals surface area contributed by atoms with Crippen molar-refractivity contribution in [1.29, 1.82) is 5.26 Å². The second-order valence-corrected chi connectivity index (χ2v) is 6.15. The van der Waals surface area contributed by atoms with Gasteiger partial charge in [-0.05, 0) is 6.07 Å². The van der Waals surface area contributed by atoms with Gasteiger partial charge in [-0.3, -0.25) is 0 Å². The van der Waals surface area contributed by atoms with Gasteiger partial charge in [0.2, 0.25) is 0 Å². The molecule has 7 heteroatoms. The summed E-state index contributed by atoms with van der Waals surface area (Å²) < 4.78 is 22.6. The fourth-order valence-corrected chi connectivity index (χ4v) is 2.94. The number of aromatic nitrogens is 1. The summed E-state index contributed by atoms with van der Waals surface area (Å²) in [6, 6.07) is 3.52. The Bertz CT molecular complexity index is 562. The number of hydrogen-bond acceptors (Lipinski definition) is 6. The summed E-state index contributed by atoms with van der Waals surface area (Å²) >= 11 is 0. The van der Waals surface area contributed by atoms with Gasteiger partial charge in [-0.1, -0.05) is 0 Å². The van der Waals surface area contributed by atoms with Gasteiger partial charge in [0, 0.05) is 19.3 Å². The molecule has 0 unspecified atom stereocenters. The third kappa shape index (κ3) is 2.31. The Morgan fingerprint density at radius 1 is 1.41 bits per heavy atom. The highest BCUT2D eigenvalue weighted by Gasteiger charge is 2.24. The largest absolute Gasteiger partial charge is 0.395 e. The van der Waals surface area contributed by atoms with Crippen molar-refractivity contribution in [3.05, 3.63) is 17.8 Å². The Labute approximate surface area is 99.6 Å². The molecule has 2 rings (SSSR count). The number of anilines is 2. The lowest BCUT2D eigenvalue weighted by atomic mass is 10.2. The molecule has 1 fully saturated rings. The van der Waals surface area contributed by atoms with Gasteiger partial charge in [-0.25, -0.2) is 13.4 Å². The third-order valence-corrected chi connectivity index (χ3v) is 4.34. The molecular formula is C10H12N4O2S. The van der Waals surface area contributed by atoms with Crippen LogP contribution in [0.1, 0.15) is 5.56 Å². The molecule has 6 nitrogen and oxygen atoms in total. The Kier molecular flexibility index (Phi) is 2.90. The number of nitrogens with zero attached hydrogens (tertiary/aromatic N) is 3. The number of hydrogen-bond donors (Lipinski definition) is 1. The van der Waals surface area contributed by atoms with Gasteiger partial charge in [0.1, 0.15) is 6.07 Å². The predicted molar refractivity (Wildman–Crippen MR) is 64.2 cm³/mol. The van der Waals surface area contributed by atoms with Crippen molar-refractivity contribution >= 4 is 21.3 Å². The van der Waals surface area contributed by atoms with Crippen LogP contribution in [0.5, 0.6) is 0 Å².